The van der Waals surface area contributed by atoms with E-state index in [-0.39, 0.29) is 18.1 Å². The number of amides is 1. The van der Waals surface area contributed by atoms with Crippen LogP contribution in [0.15, 0.2) is 36.9 Å². The molecule has 2 aromatic heterocycles. The number of carbonyl (C=O) groups is 2. The number of nitrogens with one attached hydrogen (secondary N) is 1. The molecule has 27 heavy (non-hydrogen) atoms. The van der Waals surface area contributed by atoms with Crippen molar-refractivity contribution >= 4 is 51.8 Å². The van der Waals surface area contributed by atoms with Crippen molar-refractivity contribution in [2.45, 2.75) is 6.04 Å². The number of carboxylic acids is 1. The number of rotatable bonds is 3. The summed E-state index contributed by atoms with van der Waals surface area (Å²) in [5.74, 6) is -1.07. The van der Waals surface area contributed by atoms with E-state index in [9.17, 15) is 14.7 Å². The molecule has 4 rings (SSSR count). The third-order valence-electron chi connectivity index (χ3n) is 4.31. The Morgan fingerprint density at radius 2 is 2.15 bits per heavy atom. The molecule has 1 aliphatic heterocycles. The Kier molecular flexibility index (Phi) is 4.37. The average molecular weight is 406 g/mol. The first-order chi connectivity index (χ1) is 12.9. The van der Waals surface area contributed by atoms with Gasteiger partial charge >= 0.3 is 5.97 Å². The monoisotopic (exact) mass is 405 g/mol. The summed E-state index contributed by atoms with van der Waals surface area (Å²) in [6.45, 7) is 0.0744. The molecule has 8 nitrogen and oxygen atoms in total. The number of pyridine rings is 1. The van der Waals surface area contributed by atoms with Gasteiger partial charge in [0, 0.05) is 23.8 Å². The highest BCUT2D eigenvalue weighted by molar-refractivity contribution is 6.45. The van der Waals surface area contributed by atoms with Crippen molar-refractivity contribution in [1.29, 1.82) is 0 Å². The van der Waals surface area contributed by atoms with Crippen LogP contribution >= 0.6 is 23.2 Å². The van der Waals surface area contributed by atoms with Gasteiger partial charge in [0.05, 0.1) is 40.7 Å². The highest BCUT2D eigenvalue weighted by Gasteiger charge is 2.30. The van der Waals surface area contributed by atoms with Crippen LogP contribution in [0.1, 0.15) is 0 Å². The SMILES string of the molecule is O=C1CN(c2cc(-n3ccnc3)c3ccc(Cl)c(Cl)c3n2)CC(C(=O)O)N1. The van der Waals surface area contributed by atoms with Crippen LogP contribution < -0.4 is 10.2 Å². The summed E-state index contributed by atoms with van der Waals surface area (Å²) < 4.78 is 1.79. The third kappa shape index (κ3) is 3.17. The molecule has 3 heterocycles. The van der Waals surface area contributed by atoms with Crippen LogP contribution in [0.3, 0.4) is 0 Å². The Balaban J connectivity index is 1.90. The number of carbonyl (C=O) groups excluding carboxylic acids is 1. The van der Waals surface area contributed by atoms with Gasteiger partial charge in [-0.3, -0.25) is 4.79 Å². The molecule has 1 unspecified atom stereocenters. The number of nitrogens with zero attached hydrogens (tertiary/aromatic N) is 4. The molecule has 0 bridgehead atoms. The summed E-state index contributed by atoms with van der Waals surface area (Å²) in [6, 6.07) is 4.24. The van der Waals surface area contributed by atoms with Gasteiger partial charge in [-0.15, -0.1) is 0 Å². The number of hydrogen-bond acceptors (Lipinski definition) is 5. The minimum absolute atomic E-state index is 0.0101. The summed E-state index contributed by atoms with van der Waals surface area (Å²) in [5, 5.41) is 13.1. The van der Waals surface area contributed by atoms with E-state index in [0.29, 0.717) is 16.4 Å². The Bertz CT molecular complexity index is 1050. The molecular weight excluding hydrogens is 393 g/mol. The van der Waals surface area contributed by atoms with E-state index in [2.05, 4.69) is 15.3 Å². The lowest BCUT2D eigenvalue weighted by molar-refractivity contribution is -0.142. The third-order valence-corrected chi connectivity index (χ3v) is 5.11. The maximum absolute atomic E-state index is 12.0. The van der Waals surface area contributed by atoms with Gasteiger partial charge in [-0.05, 0) is 12.1 Å². The van der Waals surface area contributed by atoms with Gasteiger partial charge in [-0.2, -0.15) is 0 Å². The Hall–Kier alpha value is -2.84. The van der Waals surface area contributed by atoms with E-state index in [1.54, 1.807) is 46.4 Å². The number of aliphatic carboxylic acids is 1. The van der Waals surface area contributed by atoms with Crippen molar-refractivity contribution in [3.05, 3.63) is 47.0 Å². The van der Waals surface area contributed by atoms with Crippen LogP contribution in [-0.2, 0) is 9.59 Å². The smallest absolute Gasteiger partial charge is 0.328 e. The fourth-order valence-electron chi connectivity index (χ4n) is 3.04. The standard InChI is InChI=1S/C17H13Cl2N5O3/c18-10-2-1-9-12(23-4-3-20-8-23)5-13(22-16(9)15(10)19)24-6-11(17(26)27)21-14(25)7-24/h1-5,8,11H,6-7H2,(H,21,25)(H,26,27). The molecule has 1 atom stereocenters. The first kappa shape index (κ1) is 17.6. The first-order valence-electron chi connectivity index (χ1n) is 7.98. The number of benzene rings is 1. The summed E-state index contributed by atoms with van der Waals surface area (Å²) in [7, 11) is 0. The Labute approximate surface area is 163 Å². The number of hydrogen-bond donors (Lipinski definition) is 2. The fraction of sp³-hybridized carbons (Fsp3) is 0.176. The van der Waals surface area contributed by atoms with E-state index in [0.717, 1.165) is 11.1 Å². The minimum atomic E-state index is -1.11. The van der Waals surface area contributed by atoms with Gasteiger partial charge in [-0.25, -0.2) is 14.8 Å². The molecule has 1 amide bonds. The van der Waals surface area contributed by atoms with Crippen molar-refractivity contribution in [1.82, 2.24) is 19.9 Å². The number of piperazine rings is 1. The highest BCUT2D eigenvalue weighted by atomic mass is 35.5. The number of imidazole rings is 1. The molecule has 1 aliphatic rings. The Morgan fingerprint density at radius 3 is 2.85 bits per heavy atom. The predicted molar refractivity (Wildman–Crippen MR) is 101 cm³/mol. The molecule has 1 saturated heterocycles. The Morgan fingerprint density at radius 1 is 1.33 bits per heavy atom. The van der Waals surface area contributed by atoms with E-state index in [1.165, 1.54) is 0 Å². The minimum Gasteiger partial charge on any atom is -0.480 e. The zero-order valence-electron chi connectivity index (χ0n) is 13.8. The number of aromatic nitrogens is 3. The summed E-state index contributed by atoms with van der Waals surface area (Å²) in [4.78, 5) is 33.5. The lowest BCUT2D eigenvalue weighted by atomic mass is 10.1. The van der Waals surface area contributed by atoms with Crippen molar-refractivity contribution in [2.75, 3.05) is 18.0 Å². The second-order valence-corrected chi connectivity index (χ2v) is 6.85. The van der Waals surface area contributed by atoms with E-state index < -0.39 is 17.9 Å². The van der Waals surface area contributed by atoms with Crippen LogP contribution in [0.2, 0.25) is 10.0 Å². The van der Waals surface area contributed by atoms with Gasteiger partial charge < -0.3 is 19.9 Å². The second kappa shape index (κ2) is 6.71. The number of halogens is 2. The zero-order chi connectivity index (χ0) is 19.1. The van der Waals surface area contributed by atoms with Crippen LogP contribution in [0, 0.1) is 0 Å². The summed E-state index contributed by atoms with van der Waals surface area (Å²) in [6.07, 6.45) is 5.03. The van der Waals surface area contributed by atoms with Gasteiger partial charge in [0.25, 0.3) is 0 Å². The van der Waals surface area contributed by atoms with Crippen LogP contribution in [0.4, 0.5) is 5.82 Å². The van der Waals surface area contributed by atoms with Gasteiger partial charge in [0.15, 0.2) is 0 Å². The van der Waals surface area contributed by atoms with Crippen LogP contribution in [0.5, 0.6) is 0 Å². The summed E-state index contributed by atoms with van der Waals surface area (Å²) in [5.41, 5.74) is 1.20. The van der Waals surface area contributed by atoms with Gasteiger partial charge in [0.1, 0.15) is 11.9 Å². The topological polar surface area (TPSA) is 100 Å². The predicted octanol–water partition coefficient (Wildman–Crippen LogP) is 2.12. The fourth-order valence-corrected chi connectivity index (χ4v) is 3.40. The molecule has 10 heteroatoms. The molecule has 0 saturated carbocycles. The van der Waals surface area contributed by atoms with Crippen molar-refractivity contribution in [2.24, 2.45) is 0 Å². The lowest BCUT2D eigenvalue weighted by Crippen LogP contribution is -2.57. The van der Waals surface area contributed by atoms with Crippen LogP contribution in [-0.4, -0.2) is 50.6 Å². The van der Waals surface area contributed by atoms with Gasteiger partial charge in [-0.1, -0.05) is 23.2 Å². The van der Waals surface area contributed by atoms with E-state index in [1.807, 2.05) is 0 Å². The molecule has 1 aromatic carbocycles. The molecule has 0 radical (unpaired) electrons. The largest absolute Gasteiger partial charge is 0.480 e. The molecule has 1 fully saturated rings. The molecule has 0 spiro atoms. The second-order valence-electron chi connectivity index (χ2n) is 6.07. The van der Waals surface area contributed by atoms with Crippen LogP contribution in [0.25, 0.3) is 16.6 Å². The summed E-state index contributed by atoms with van der Waals surface area (Å²) >= 11 is 12.5. The molecule has 3 aromatic rings. The molecule has 0 aliphatic carbocycles. The number of carboxylic acid groups (broad SMARTS) is 1. The maximum atomic E-state index is 12.0. The maximum Gasteiger partial charge on any atom is 0.328 e. The molecule has 2 N–H and O–H groups in total. The zero-order valence-corrected chi connectivity index (χ0v) is 15.3. The van der Waals surface area contributed by atoms with Gasteiger partial charge in [0.2, 0.25) is 5.91 Å². The van der Waals surface area contributed by atoms with Crippen molar-refractivity contribution in [3.63, 3.8) is 0 Å². The average Bonchev–Trinajstić information content (AvgIpc) is 3.18. The lowest BCUT2D eigenvalue weighted by Gasteiger charge is -2.32. The quantitative estimate of drug-likeness (QED) is 0.691. The van der Waals surface area contributed by atoms with E-state index in [4.69, 9.17) is 23.2 Å². The molecule has 138 valence electrons. The highest BCUT2D eigenvalue weighted by Crippen LogP contribution is 2.34. The van der Waals surface area contributed by atoms with E-state index >= 15 is 0 Å². The number of fused-ring (bicyclic) bond motifs is 1. The first-order valence-corrected chi connectivity index (χ1v) is 8.74. The number of anilines is 1. The van der Waals surface area contributed by atoms with Crippen molar-refractivity contribution in [3.8, 4) is 5.69 Å². The molecular formula is C17H13Cl2N5O3. The normalized spacial score (nSPS) is 17.2. The van der Waals surface area contributed by atoms with Crippen molar-refractivity contribution < 1.29 is 14.7 Å².